The molecule has 2 aromatic rings. The molecule has 0 atom stereocenters. The number of anilines is 2. The van der Waals surface area contributed by atoms with E-state index in [1.807, 2.05) is 35.2 Å². The number of aryl methyl sites for hydroxylation is 1. The van der Waals surface area contributed by atoms with Crippen molar-refractivity contribution in [3.63, 3.8) is 0 Å². The number of carbonyl (C=O) groups excluding carboxylic acids is 1. The number of nitrogens with one attached hydrogen (secondary N) is 1. The van der Waals surface area contributed by atoms with Crippen LogP contribution in [0.5, 0.6) is 0 Å². The average molecular weight is 307 g/mol. The van der Waals surface area contributed by atoms with Crippen molar-refractivity contribution in [3.8, 4) is 0 Å². The Morgan fingerprint density at radius 1 is 1.00 bits per heavy atom. The Bertz CT molecular complexity index is 714. The second-order valence-corrected chi connectivity index (χ2v) is 6.17. The third-order valence-corrected chi connectivity index (χ3v) is 4.70. The van der Waals surface area contributed by atoms with Crippen LogP contribution in [0.4, 0.5) is 16.2 Å². The molecule has 1 N–H and O–H groups in total. The Morgan fingerprint density at radius 3 is 2.74 bits per heavy atom. The van der Waals surface area contributed by atoms with Crippen LogP contribution >= 0.6 is 0 Å². The SMILES string of the molecule is O=C(NCc1ccccc1)N1CCN2CCCc3cccc1c32. The van der Waals surface area contributed by atoms with Crippen molar-refractivity contribution >= 4 is 17.4 Å². The lowest BCUT2D eigenvalue weighted by Gasteiger charge is -2.41. The van der Waals surface area contributed by atoms with Gasteiger partial charge in [0.1, 0.15) is 0 Å². The smallest absolute Gasteiger partial charge is 0.322 e. The molecule has 0 bridgehead atoms. The minimum atomic E-state index is -0.00697. The summed E-state index contributed by atoms with van der Waals surface area (Å²) in [5.74, 6) is 0. The first kappa shape index (κ1) is 14.1. The van der Waals surface area contributed by atoms with E-state index in [-0.39, 0.29) is 6.03 Å². The molecule has 2 aliphatic rings. The van der Waals surface area contributed by atoms with Gasteiger partial charge in [0.2, 0.25) is 0 Å². The fraction of sp³-hybridized carbons (Fsp3) is 0.316. The quantitative estimate of drug-likeness (QED) is 0.925. The standard InChI is InChI=1S/C19H21N3O/c23-19(20-14-15-6-2-1-3-7-15)22-13-12-21-11-5-9-16-8-4-10-17(22)18(16)21/h1-4,6-8,10H,5,9,11-14H2,(H,20,23). The molecule has 4 heteroatoms. The fourth-order valence-electron chi connectivity index (χ4n) is 3.58. The maximum absolute atomic E-state index is 12.7. The van der Waals surface area contributed by atoms with Crippen LogP contribution < -0.4 is 15.1 Å². The first-order valence-electron chi connectivity index (χ1n) is 8.29. The van der Waals surface area contributed by atoms with Crippen LogP contribution in [-0.4, -0.2) is 25.7 Å². The Kier molecular flexibility index (Phi) is 3.66. The van der Waals surface area contributed by atoms with Crippen LogP contribution in [0.1, 0.15) is 17.5 Å². The molecule has 2 heterocycles. The zero-order valence-corrected chi connectivity index (χ0v) is 13.2. The molecule has 0 aliphatic carbocycles. The minimum absolute atomic E-state index is 0.00697. The molecule has 4 nitrogen and oxygen atoms in total. The molecule has 4 rings (SSSR count). The van der Waals surface area contributed by atoms with Crippen LogP contribution in [0.15, 0.2) is 48.5 Å². The van der Waals surface area contributed by atoms with Gasteiger partial charge in [0, 0.05) is 26.2 Å². The number of nitrogens with zero attached hydrogens (tertiary/aromatic N) is 2. The molecule has 0 radical (unpaired) electrons. The van der Waals surface area contributed by atoms with E-state index in [4.69, 9.17) is 0 Å². The molecular weight excluding hydrogens is 286 g/mol. The van der Waals surface area contributed by atoms with E-state index >= 15 is 0 Å². The largest absolute Gasteiger partial charge is 0.368 e. The van der Waals surface area contributed by atoms with E-state index < -0.39 is 0 Å². The third kappa shape index (κ3) is 2.65. The minimum Gasteiger partial charge on any atom is -0.368 e. The number of para-hydroxylation sites is 1. The number of carbonyl (C=O) groups is 1. The van der Waals surface area contributed by atoms with Crippen molar-refractivity contribution in [1.29, 1.82) is 0 Å². The van der Waals surface area contributed by atoms with Crippen molar-refractivity contribution in [1.82, 2.24) is 5.32 Å². The second-order valence-electron chi connectivity index (χ2n) is 6.17. The molecule has 2 aromatic carbocycles. The van der Waals surface area contributed by atoms with Gasteiger partial charge in [0.15, 0.2) is 0 Å². The summed E-state index contributed by atoms with van der Waals surface area (Å²) in [6.45, 7) is 3.33. The maximum Gasteiger partial charge on any atom is 0.322 e. The average Bonchev–Trinajstić information content (AvgIpc) is 2.61. The summed E-state index contributed by atoms with van der Waals surface area (Å²) in [4.78, 5) is 17.0. The summed E-state index contributed by atoms with van der Waals surface area (Å²) in [6.07, 6.45) is 2.32. The fourth-order valence-corrected chi connectivity index (χ4v) is 3.58. The van der Waals surface area contributed by atoms with Crippen molar-refractivity contribution in [2.24, 2.45) is 0 Å². The molecule has 118 valence electrons. The van der Waals surface area contributed by atoms with Gasteiger partial charge in [-0.1, -0.05) is 42.5 Å². The highest BCUT2D eigenvalue weighted by Gasteiger charge is 2.30. The number of hydrogen-bond acceptors (Lipinski definition) is 2. The molecule has 0 spiro atoms. The highest BCUT2D eigenvalue weighted by Crippen LogP contribution is 2.39. The van der Waals surface area contributed by atoms with Gasteiger partial charge in [-0.25, -0.2) is 4.79 Å². The van der Waals surface area contributed by atoms with Crippen LogP contribution in [0.25, 0.3) is 0 Å². The van der Waals surface area contributed by atoms with E-state index in [9.17, 15) is 4.79 Å². The Labute approximate surface area is 136 Å². The van der Waals surface area contributed by atoms with Gasteiger partial charge in [-0.15, -0.1) is 0 Å². The van der Waals surface area contributed by atoms with Crippen molar-refractivity contribution in [3.05, 3.63) is 59.7 Å². The predicted molar refractivity (Wildman–Crippen MR) is 93.0 cm³/mol. The highest BCUT2D eigenvalue weighted by atomic mass is 16.2. The lowest BCUT2D eigenvalue weighted by Crippen LogP contribution is -2.49. The van der Waals surface area contributed by atoms with Gasteiger partial charge in [0.05, 0.1) is 11.4 Å². The summed E-state index contributed by atoms with van der Waals surface area (Å²) < 4.78 is 0. The number of hydrogen-bond donors (Lipinski definition) is 1. The van der Waals surface area contributed by atoms with E-state index in [1.165, 1.54) is 17.7 Å². The van der Waals surface area contributed by atoms with E-state index in [2.05, 4.69) is 28.4 Å². The van der Waals surface area contributed by atoms with Gasteiger partial charge in [-0.2, -0.15) is 0 Å². The van der Waals surface area contributed by atoms with Crippen molar-refractivity contribution in [2.75, 3.05) is 29.4 Å². The lowest BCUT2D eigenvalue weighted by molar-refractivity contribution is 0.245. The molecule has 0 saturated heterocycles. The van der Waals surface area contributed by atoms with Crippen molar-refractivity contribution < 1.29 is 4.79 Å². The number of rotatable bonds is 2. The van der Waals surface area contributed by atoms with Crippen LogP contribution in [0.2, 0.25) is 0 Å². The topological polar surface area (TPSA) is 35.6 Å². The van der Waals surface area contributed by atoms with E-state index in [0.717, 1.165) is 37.3 Å². The van der Waals surface area contributed by atoms with Gasteiger partial charge in [-0.3, -0.25) is 4.90 Å². The monoisotopic (exact) mass is 307 g/mol. The third-order valence-electron chi connectivity index (χ3n) is 4.70. The zero-order valence-electron chi connectivity index (χ0n) is 13.2. The van der Waals surface area contributed by atoms with Gasteiger partial charge < -0.3 is 10.2 Å². The van der Waals surface area contributed by atoms with Gasteiger partial charge in [-0.05, 0) is 30.0 Å². The lowest BCUT2D eigenvalue weighted by atomic mass is 9.98. The molecular formula is C19H21N3O. The maximum atomic E-state index is 12.7. The number of amides is 2. The molecule has 0 saturated carbocycles. The first-order chi connectivity index (χ1) is 11.3. The molecule has 0 fully saturated rings. The van der Waals surface area contributed by atoms with Crippen molar-refractivity contribution in [2.45, 2.75) is 19.4 Å². The molecule has 23 heavy (non-hydrogen) atoms. The summed E-state index contributed by atoms with van der Waals surface area (Å²) in [5, 5.41) is 3.05. The zero-order chi connectivity index (χ0) is 15.6. The van der Waals surface area contributed by atoms with Gasteiger partial charge >= 0.3 is 6.03 Å². The summed E-state index contributed by atoms with van der Waals surface area (Å²) in [7, 11) is 0. The summed E-state index contributed by atoms with van der Waals surface area (Å²) in [6, 6.07) is 16.4. The first-order valence-corrected chi connectivity index (χ1v) is 8.29. The van der Waals surface area contributed by atoms with E-state index in [1.54, 1.807) is 0 Å². The molecule has 0 aromatic heterocycles. The molecule has 2 amide bonds. The molecule has 2 aliphatic heterocycles. The molecule has 0 unspecified atom stereocenters. The number of benzene rings is 2. The Balaban J connectivity index is 1.54. The number of urea groups is 1. The van der Waals surface area contributed by atoms with Crippen LogP contribution in [-0.2, 0) is 13.0 Å². The van der Waals surface area contributed by atoms with Gasteiger partial charge in [0.25, 0.3) is 0 Å². The summed E-state index contributed by atoms with van der Waals surface area (Å²) in [5.41, 5.74) is 4.81. The van der Waals surface area contributed by atoms with Crippen LogP contribution in [0.3, 0.4) is 0 Å². The summed E-state index contributed by atoms with van der Waals surface area (Å²) >= 11 is 0. The predicted octanol–water partition coefficient (Wildman–Crippen LogP) is 3.17. The Hall–Kier alpha value is -2.49. The van der Waals surface area contributed by atoms with E-state index in [0.29, 0.717) is 6.54 Å². The van der Waals surface area contributed by atoms with Crippen LogP contribution in [0, 0.1) is 0 Å². The second kappa shape index (κ2) is 5.95. The highest BCUT2D eigenvalue weighted by molar-refractivity contribution is 5.97. The Morgan fingerprint density at radius 2 is 1.87 bits per heavy atom. The normalized spacial score (nSPS) is 16.0.